The molecule has 2 aromatic heterocycles. The van der Waals surface area contributed by atoms with Crippen molar-refractivity contribution in [1.29, 1.82) is 0 Å². The van der Waals surface area contributed by atoms with Crippen LogP contribution in [0, 0.1) is 6.92 Å². The summed E-state index contributed by atoms with van der Waals surface area (Å²) in [4.78, 5) is 6.80. The largest absolute Gasteiger partial charge is 0.487 e. The molecule has 0 saturated heterocycles. The average molecular weight is 340 g/mol. The highest BCUT2D eigenvalue weighted by atomic mass is 32.1. The summed E-state index contributed by atoms with van der Waals surface area (Å²) in [6, 6.07) is 8.34. The summed E-state index contributed by atoms with van der Waals surface area (Å²) in [5.74, 6) is 0.882. The quantitative estimate of drug-likeness (QED) is 0.769. The van der Waals surface area contributed by atoms with E-state index in [0.717, 1.165) is 36.0 Å². The fourth-order valence-electron chi connectivity index (χ4n) is 3.04. The summed E-state index contributed by atoms with van der Waals surface area (Å²) in [6.45, 7) is 4.51. The van der Waals surface area contributed by atoms with Crippen LogP contribution in [0.4, 0.5) is 5.69 Å². The number of benzene rings is 1. The van der Waals surface area contributed by atoms with Crippen LogP contribution in [0.5, 0.6) is 5.75 Å². The summed E-state index contributed by atoms with van der Waals surface area (Å²) in [5, 5.41) is 10.4. The van der Waals surface area contributed by atoms with Gasteiger partial charge in [-0.3, -0.25) is 5.10 Å². The number of aryl methyl sites for hydroxylation is 2. The van der Waals surface area contributed by atoms with Crippen LogP contribution in [0.1, 0.15) is 28.4 Å². The first kappa shape index (κ1) is 15.2. The molecule has 3 heterocycles. The van der Waals surface area contributed by atoms with E-state index in [1.165, 1.54) is 23.4 Å². The van der Waals surface area contributed by atoms with E-state index in [0.29, 0.717) is 6.61 Å². The number of anilines is 1. The average Bonchev–Trinajstić information content (AvgIpc) is 3.23. The molecular formula is C18H20N4OS. The first-order valence-electron chi connectivity index (χ1n) is 8.18. The Hall–Kier alpha value is -2.34. The molecule has 1 aromatic carbocycles. The lowest BCUT2D eigenvalue weighted by atomic mass is 10.1. The zero-order valence-electron chi connectivity index (χ0n) is 13.7. The minimum atomic E-state index is 0.522. The van der Waals surface area contributed by atoms with Crippen molar-refractivity contribution in [2.75, 3.05) is 11.4 Å². The lowest BCUT2D eigenvalue weighted by Gasteiger charge is -2.28. The third kappa shape index (κ3) is 3.28. The number of rotatable bonds is 5. The van der Waals surface area contributed by atoms with Crippen LogP contribution in [0.15, 0.2) is 35.8 Å². The summed E-state index contributed by atoms with van der Waals surface area (Å²) in [7, 11) is 0. The van der Waals surface area contributed by atoms with E-state index in [1.54, 1.807) is 11.3 Å². The van der Waals surface area contributed by atoms with Gasteiger partial charge in [-0.05, 0) is 37.5 Å². The van der Waals surface area contributed by atoms with E-state index in [4.69, 9.17) is 4.74 Å². The summed E-state index contributed by atoms with van der Waals surface area (Å²) < 4.78 is 5.81. The number of aromatic amines is 1. The molecule has 4 rings (SSSR count). The molecule has 0 unspecified atom stereocenters. The second-order valence-corrected chi connectivity index (χ2v) is 7.11. The monoisotopic (exact) mass is 340 g/mol. The molecule has 1 aliphatic heterocycles. The Morgan fingerprint density at radius 3 is 2.96 bits per heavy atom. The number of fused-ring (bicyclic) bond motifs is 1. The maximum Gasteiger partial charge on any atom is 0.131 e. The SMILES string of the molecule is Cc1nc(COc2ccc(CN3CCCc4[nH]ncc43)cc2)cs1. The maximum atomic E-state index is 5.81. The first-order chi connectivity index (χ1) is 11.8. The molecule has 0 bridgehead atoms. The Morgan fingerprint density at radius 2 is 2.17 bits per heavy atom. The van der Waals surface area contributed by atoms with E-state index in [9.17, 15) is 0 Å². The third-order valence-corrected chi connectivity index (χ3v) is 5.06. The first-order valence-corrected chi connectivity index (χ1v) is 9.06. The fraction of sp³-hybridized carbons (Fsp3) is 0.333. The number of nitrogens with zero attached hydrogens (tertiary/aromatic N) is 3. The van der Waals surface area contributed by atoms with E-state index in [1.807, 2.05) is 30.6 Å². The molecule has 0 radical (unpaired) electrons. The molecule has 0 spiro atoms. The van der Waals surface area contributed by atoms with Crippen molar-refractivity contribution in [1.82, 2.24) is 15.2 Å². The van der Waals surface area contributed by atoms with Gasteiger partial charge in [-0.15, -0.1) is 11.3 Å². The predicted molar refractivity (Wildman–Crippen MR) is 95.6 cm³/mol. The Labute approximate surface area is 145 Å². The number of nitrogens with one attached hydrogen (secondary N) is 1. The van der Waals surface area contributed by atoms with Crippen LogP contribution in [0.25, 0.3) is 0 Å². The number of ether oxygens (including phenoxy) is 1. The Kier molecular flexibility index (Phi) is 4.21. The van der Waals surface area contributed by atoms with Gasteiger partial charge in [0.05, 0.1) is 28.3 Å². The number of hydrogen-bond donors (Lipinski definition) is 1. The zero-order valence-corrected chi connectivity index (χ0v) is 14.5. The number of hydrogen-bond acceptors (Lipinski definition) is 5. The van der Waals surface area contributed by atoms with Crippen LogP contribution in [0.3, 0.4) is 0 Å². The predicted octanol–water partition coefficient (Wildman–Crippen LogP) is 3.71. The van der Waals surface area contributed by atoms with Crippen molar-refractivity contribution >= 4 is 17.0 Å². The van der Waals surface area contributed by atoms with Crippen molar-refractivity contribution in [2.24, 2.45) is 0 Å². The number of thiazole rings is 1. The Bertz CT molecular complexity index is 809. The smallest absolute Gasteiger partial charge is 0.131 e. The zero-order chi connectivity index (χ0) is 16.4. The molecule has 3 aromatic rings. The van der Waals surface area contributed by atoms with Gasteiger partial charge in [0.25, 0.3) is 0 Å². The Morgan fingerprint density at radius 1 is 1.29 bits per heavy atom. The molecule has 0 amide bonds. The number of H-pyrrole nitrogens is 1. The van der Waals surface area contributed by atoms with Crippen molar-refractivity contribution in [3.63, 3.8) is 0 Å². The summed E-state index contributed by atoms with van der Waals surface area (Å²) >= 11 is 1.65. The molecule has 0 atom stereocenters. The van der Waals surface area contributed by atoms with Gasteiger partial charge in [0.2, 0.25) is 0 Å². The van der Waals surface area contributed by atoms with Gasteiger partial charge < -0.3 is 9.64 Å². The standard InChI is InChI=1S/C18H20N4OS/c1-13-20-15(12-24-13)11-23-16-6-4-14(5-7-16)10-22-8-2-3-17-18(22)9-19-21-17/h4-7,9,12H,2-3,8,10-11H2,1H3,(H,19,21). The molecule has 24 heavy (non-hydrogen) atoms. The highest BCUT2D eigenvalue weighted by Gasteiger charge is 2.18. The van der Waals surface area contributed by atoms with Crippen molar-refractivity contribution < 1.29 is 4.74 Å². The molecule has 0 fully saturated rings. The van der Waals surface area contributed by atoms with Crippen LogP contribution in [-0.4, -0.2) is 21.7 Å². The van der Waals surface area contributed by atoms with Crippen LogP contribution in [0.2, 0.25) is 0 Å². The van der Waals surface area contributed by atoms with Gasteiger partial charge in [0, 0.05) is 18.5 Å². The van der Waals surface area contributed by atoms with Gasteiger partial charge in [-0.2, -0.15) is 5.10 Å². The van der Waals surface area contributed by atoms with Gasteiger partial charge >= 0.3 is 0 Å². The van der Waals surface area contributed by atoms with Crippen molar-refractivity contribution in [3.8, 4) is 5.75 Å². The highest BCUT2D eigenvalue weighted by Crippen LogP contribution is 2.26. The summed E-state index contributed by atoms with van der Waals surface area (Å²) in [5.41, 5.74) is 4.75. The van der Waals surface area contributed by atoms with E-state index in [2.05, 4.69) is 32.2 Å². The topological polar surface area (TPSA) is 54.0 Å². The second kappa shape index (κ2) is 6.65. The molecule has 5 nitrogen and oxygen atoms in total. The normalized spacial score (nSPS) is 13.8. The highest BCUT2D eigenvalue weighted by molar-refractivity contribution is 7.09. The van der Waals surface area contributed by atoms with Gasteiger partial charge in [0.1, 0.15) is 12.4 Å². The lowest BCUT2D eigenvalue weighted by Crippen LogP contribution is -2.28. The van der Waals surface area contributed by atoms with Crippen LogP contribution in [-0.2, 0) is 19.6 Å². The molecule has 1 aliphatic rings. The van der Waals surface area contributed by atoms with Crippen molar-refractivity contribution in [2.45, 2.75) is 32.9 Å². The molecule has 1 N–H and O–H groups in total. The van der Waals surface area contributed by atoms with Crippen molar-refractivity contribution in [3.05, 3.63) is 57.8 Å². The fourth-order valence-corrected chi connectivity index (χ4v) is 3.63. The van der Waals surface area contributed by atoms with Gasteiger partial charge in [-0.1, -0.05) is 12.1 Å². The van der Waals surface area contributed by atoms with Gasteiger partial charge in [0.15, 0.2) is 0 Å². The minimum Gasteiger partial charge on any atom is -0.487 e. The molecule has 0 aliphatic carbocycles. The molecular weight excluding hydrogens is 320 g/mol. The van der Waals surface area contributed by atoms with Gasteiger partial charge in [-0.25, -0.2) is 4.98 Å². The molecule has 124 valence electrons. The van der Waals surface area contributed by atoms with E-state index < -0.39 is 0 Å². The second-order valence-electron chi connectivity index (χ2n) is 6.05. The van der Waals surface area contributed by atoms with E-state index in [-0.39, 0.29) is 0 Å². The molecule has 0 saturated carbocycles. The summed E-state index contributed by atoms with van der Waals surface area (Å²) in [6.07, 6.45) is 4.19. The lowest BCUT2D eigenvalue weighted by molar-refractivity contribution is 0.302. The third-order valence-electron chi connectivity index (χ3n) is 4.24. The maximum absolute atomic E-state index is 5.81. The Balaban J connectivity index is 1.38. The minimum absolute atomic E-state index is 0.522. The van der Waals surface area contributed by atoms with E-state index >= 15 is 0 Å². The number of aromatic nitrogens is 3. The van der Waals surface area contributed by atoms with Crippen LogP contribution >= 0.6 is 11.3 Å². The van der Waals surface area contributed by atoms with Crippen LogP contribution < -0.4 is 9.64 Å². The molecule has 6 heteroatoms.